The maximum Gasteiger partial charge on any atom is 0.125 e. The Labute approximate surface area is 118 Å². The number of aryl methyl sites for hydroxylation is 2. The molecule has 1 N–H and O–H groups in total. The van der Waals surface area contributed by atoms with Crippen molar-refractivity contribution < 1.29 is 4.39 Å². The molecular formula is C16H17ClFN. The molecular weight excluding hydrogens is 261 g/mol. The molecule has 0 heterocycles. The second-order valence-corrected chi connectivity index (χ2v) is 5.24. The Kier molecular flexibility index (Phi) is 4.11. The molecule has 0 bridgehead atoms. The number of anilines is 1. The zero-order valence-corrected chi connectivity index (χ0v) is 12.1. The van der Waals surface area contributed by atoms with E-state index >= 15 is 0 Å². The Balaban J connectivity index is 2.22. The lowest BCUT2D eigenvalue weighted by Crippen LogP contribution is -2.07. The Bertz CT molecular complexity index is 595. The maximum absolute atomic E-state index is 13.2. The predicted molar refractivity (Wildman–Crippen MR) is 79.4 cm³/mol. The lowest BCUT2D eigenvalue weighted by Gasteiger charge is -2.18. The molecule has 2 aromatic rings. The zero-order chi connectivity index (χ0) is 14.0. The van der Waals surface area contributed by atoms with Crippen LogP contribution in [0.1, 0.15) is 29.7 Å². The van der Waals surface area contributed by atoms with E-state index in [0.717, 1.165) is 5.56 Å². The molecule has 0 aliphatic heterocycles. The average Bonchev–Trinajstić information content (AvgIpc) is 2.37. The average molecular weight is 278 g/mol. The van der Waals surface area contributed by atoms with Gasteiger partial charge in [0.1, 0.15) is 5.82 Å². The molecule has 0 amide bonds. The molecule has 3 heteroatoms. The van der Waals surface area contributed by atoms with E-state index in [1.165, 1.54) is 23.3 Å². The fraction of sp³-hybridized carbons (Fsp3) is 0.250. The molecule has 1 nitrogen and oxygen atoms in total. The van der Waals surface area contributed by atoms with E-state index in [-0.39, 0.29) is 11.9 Å². The Hall–Kier alpha value is -1.54. The van der Waals surface area contributed by atoms with Gasteiger partial charge in [0.2, 0.25) is 0 Å². The first-order chi connectivity index (χ1) is 8.97. The van der Waals surface area contributed by atoms with Crippen LogP contribution in [0.15, 0.2) is 36.4 Å². The van der Waals surface area contributed by atoms with Crippen LogP contribution in [0, 0.1) is 19.7 Å². The Morgan fingerprint density at radius 1 is 1.05 bits per heavy atom. The van der Waals surface area contributed by atoms with Gasteiger partial charge in [0.25, 0.3) is 0 Å². The summed E-state index contributed by atoms with van der Waals surface area (Å²) in [6, 6.07) is 10.7. The minimum Gasteiger partial charge on any atom is -0.377 e. The van der Waals surface area contributed by atoms with Crippen molar-refractivity contribution in [1.29, 1.82) is 0 Å². The van der Waals surface area contributed by atoms with Crippen molar-refractivity contribution in [3.8, 4) is 0 Å². The number of rotatable bonds is 3. The molecule has 0 aliphatic carbocycles. The van der Waals surface area contributed by atoms with Crippen LogP contribution in [0.3, 0.4) is 0 Å². The predicted octanol–water partition coefficient (Wildman–Crippen LogP) is 5.27. The third kappa shape index (κ3) is 3.27. The van der Waals surface area contributed by atoms with Gasteiger partial charge in [0.05, 0.1) is 10.7 Å². The van der Waals surface area contributed by atoms with Gasteiger partial charge in [-0.05, 0) is 55.7 Å². The van der Waals surface area contributed by atoms with E-state index in [4.69, 9.17) is 11.6 Å². The number of benzene rings is 2. The lowest BCUT2D eigenvalue weighted by molar-refractivity contribution is 0.628. The van der Waals surface area contributed by atoms with Gasteiger partial charge in [-0.3, -0.25) is 0 Å². The van der Waals surface area contributed by atoms with E-state index in [9.17, 15) is 4.39 Å². The minimum atomic E-state index is -0.292. The summed E-state index contributed by atoms with van der Waals surface area (Å²) in [6.45, 7) is 6.20. The van der Waals surface area contributed by atoms with E-state index in [1.807, 2.05) is 6.92 Å². The van der Waals surface area contributed by atoms with Crippen LogP contribution in [0.25, 0.3) is 0 Å². The molecule has 0 aromatic heterocycles. The van der Waals surface area contributed by atoms with Gasteiger partial charge in [0, 0.05) is 6.04 Å². The minimum absolute atomic E-state index is 0.0681. The van der Waals surface area contributed by atoms with Crippen molar-refractivity contribution in [3.05, 3.63) is 63.9 Å². The van der Waals surface area contributed by atoms with Crippen molar-refractivity contribution in [3.63, 3.8) is 0 Å². The van der Waals surface area contributed by atoms with Gasteiger partial charge in [-0.2, -0.15) is 0 Å². The largest absolute Gasteiger partial charge is 0.377 e. The monoisotopic (exact) mass is 277 g/mol. The molecule has 2 aromatic carbocycles. The summed E-state index contributed by atoms with van der Waals surface area (Å²) < 4.78 is 13.2. The SMILES string of the molecule is Cc1ccc(C(C)Nc2cc(F)ccc2Cl)cc1C. The van der Waals surface area contributed by atoms with Gasteiger partial charge >= 0.3 is 0 Å². The molecule has 1 atom stereocenters. The van der Waals surface area contributed by atoms with Crippen molar-refractivity contribution in [2.45, 2.75) is 26.8 Å². The third-order valence-electron chi connectivity index (χ3n) is 3.33. The van der Waals surface area contributed by atoms with Crippen LogP contribution in [0.2, 0.25) is 5.02 Å². The Morgan fingerprint density at radius 3 is 2.47 bits per heavy atom. The molecule has 0 spiro atoms. The zero-order valence-electron chi connectivity index (χ0n) is 11.3. The standard InChI is InChI=1S/C16H17ClFN/c1-10-4-5-13(8-11(10)2)12(3)19-16-9-14(18)6-7-15(16)17/h4-9,12,19H,1-3H3. The van der Waals surface area contributed by atoms with E-state index in [2.05, 4.69) is 37.4 Å². The van der Waals surface area contributed by atoms with Gasteiger partial charge < -0.3 is 5.32 Å². The van der Waals surface area contributed by atoms with Crippen molar-refractivity contribution in [1.82, 2.24) is 0 Å². The Morgan fingerprint density at radius 2 is 1.79 bits per heavy atom. The highest BCUT2D eigenvalue weighted by Gasteiger charge is 2.09. The number of nitrogens with one attached hydrogen (secondary N) is 1. The summed E-state index contributed by atoms with van der Waals surface area (Å²) in [6.07, 6.45) is 0. The smallest absolute Gasteiger partial charge is 0.125 e. The lowest BCUT2D eigenvalue weighted by atomic mass is 10.0. The molecule has 2 rings (SSSR count). The van der Waals surface area contributed by atoms with Crippen LogP contribution in [0.4, 0.5) is 10.1 Å². The quantitative estimate of drug-likeness (QED) is 0.806. The van der Waals surface area contributed by atoms with Crippen LogP contribution < -0.4 is 5.32 Å². The van der Waals surface area contributed by atoms with Gasteiger partial charge in [0.15, 0.2) is 0 Å². The maximum atomic E-state index is 13.2. The highest BCUT2D eigenvalue weighted by atomic mass is 35.5. The molecule has 0 saturated carbocycles. The molecule has 0 fully saturated rings. The summed E-state index contributed by atoms with van der Waals surface area (Å²) in [7, 11) is 0. The second-order valence-electron chi connectivity index (χ2n) is 4.83. The summed E-state index contributed by atoms with van der Waals surface area (Å²) >= 11 is 6.06. The molecule has 0 saturated heterocycles. The van der Waals surface area contributed by atoms with Crippen LogP contribution >= 0.6 is 11.6 Å². The topological polar surface area (TPSA) is 12.0 Å². The van der Waals surface area contributed by atoms with E-state index in [1.54, 1.807) is 6.07 Å². The number of hydrogen-bond acceptors (Lipinski definition) is 1. The van der Waals surface area contributed by atoms with E-state index in [0.29, 0.717) is 10.7 Å². The van der Waals surface area contributed by atoms with Gasteiger partial charge in [-0.1, -0.05) is 29.8 Å². The summed E-state index contributed by atoms with van der Waals surface area (Å²) in [5, 5.41) is 3.77. The van der Waals surface area contributed by atoms with Gasteiger partial charge in [-0.15, -0.1) is 0 Å². The fourth-order valence-corrected chi connectivity index (χ4v) is 2.13. The molecule has 0 radical (unpaired) electrons. The van der Waals surface area contributed by atoms with Crippen LogP contribution in [-0.2, 0) is 0 Å². The van der Waals surface area contributed by atoms with Crippen LogP contribution in [0.5, 0.6) is 0 Å². The second kappa shape index (κ2) is 5.62. The summed E-state index contributed by atoms with van der Waals surface area (Å²) in [5.41, 5.74) is 4.28. The van der Waals surface area contributed by atoms with Gasteiger partial charge in [-0.25, -0.2) is 4.39 Å². The molecule has 19 heavy (non-hydrogen) atoms. The first kappa shape index (κ1) is 13.9. The van der Waals surface area contributed by atoms with Crippen molar-refractivity contribution >= 4 is 17.3 Å². The first-order valence-electron chi connectivity index (χ1n) is 6.26. The normalized spacial score (nSPS) is 12.3. The van der Waals surface area contributed by atoms with E-state index < -0.39 is 0 Å². The van der Waals surface area contributed by atoms with Crippen LogP contribution in [-0.4, -0.2) is 0 Å². The third-order valence-corrected chi connectivity index (χ3v) is 3.66. The fourth-order valence-electron chi connectivity index (χ4n) is 1.96. The number of halogens is 2. The van der Waals surface area contributed by atoms with Crippen molar-refractivity contribution in [2.24, 2.45) is 0 Å². The van der Waals surface area contributed by atoms with Crippen molar-refractivity contribution in [2.75, 3.05) is 5.32 Å². The molecule has 100 valence electrons. The summed E-state index contributed by atoms with van der Waals surface area (Å²) in [5.74, 6) is -0.292. The number of hydrogen-bond donors (Lipinski definition) is 1. The first-order valence-corrected chi connectivity index (χ1v) is 6.64. The highest BCUT2D eigenvalue weighted by molar-refractivity contribution is 6.33. The summed E-state index contributed by atoms with van der Waals surface area (Å²) in [4.78, 5) is 0. The highest BCUT2D eigenvalue weighted by Crippen LogP contribution is 2.27. The molecule has 0 aliphatic rings. The molecule has 1 unspecified atom stereocenters.